The molecule has 4 heteroatoms. The number of hydrogen-bond donors (Lipinski definition) is 1. The van der Waals surface area contributed by atoms with E-state index in [4.69, 9.17) is 4.74 Å². The molecular weight excluding hydrogens is 240 g/mol. The van der Waals surface area contributed by atoms with Gasteiger partial charge in [-0.2, -0.15) is 0 Å². The summed E-state index contributed by atoms with van der Waals surface area (Å²) in [7, 11) is 0. The second-order valence-corrected chi connectivity index (χ2v) is 7.40. The van der Waals surface area contributed by atoms with Crippen molar-refractivity contribution in [3.63, 3.8) is 0 Å². The van der Waals surface area contributed by atoms with Gasteiger partial charge >= 0.3 is 6.09 Å². The molecule has 0 bridgehead atoms. The number of ether oxygens (including phenoxy) is 1. The van der Waals surface area contributed by atoms with E-state index in [0.29, 0.717) is 12.5 Å². The smallest absolute Gasteiger partial charge is 0.410 e. The lowest BCUT2D eigenvalue weighted by molar-refractivity contribution is 0.00663. The van der Waals surface area contributed by atoms with Gasteiger partial charge in [-0.1, -0.05) is 13.8 Å². The highest BCUT2D eigenvalue weighted by Crippen LogP contribution is 2.17. The molecule has 0 rings (SSSR count). The average Bonchev–Trinajstić information content (AvgIpc) is 2.11. The van der Waals surface area contributed by atoms with Crippen molar-refractivity contribution >= 4 is 6.09 Å². The van der Waals surface area contributed by atoms with Gasteiger partial charge in [0.25, 0.3) is 0 Å². The quantitative estimate of drug-likeness (QED) is 0.781. The number of carbonyl (C=O) groups excluding carboxylic acids is 1. The Bertz CT molecular complexity index is 275. The van der Waals surface area contributed by atoms with Crippen LogP contribution in [0, 0.1) is 5.92 Å². The Labute approximate surface area is 118 Å². The third kappa shape index (κ3) is 8.87. The molecule has 0 aliphatic rings. The molecule has 0 fully saturated rings. The van der Waals surface area contributed by atoms with Crippen molar-refractivity contribution in [1.29, 1.82) is 0 Å². The summed E-state index contributed by atoms with van der Waals surface area (Å²) in [6, 6.07) is 0. The minimum Gasteiger partial charge on any atom is -0.444 e. The summed E-state index contributed by atoms with van der Waals surface area (Å²) in [5, 5.41) is 3.36. The summed E-state index contributed by atoms with van der Waals surface area (Å²) in [6.07, 6.45) is -0.244. The molecule has 0 saturated heterocycles. The highest BCUT2D eigenvalue weighted by Gasteiger charge is 2.30. The molecule has 0 aliphatic heterocycles. The van der Waals surface area contributed by atoms with Gasteiger partial charge in [0.2, 0.25) is 0 Å². The number of amides is 1. The number of carbonyl (C=O) groups is 1. The van der Waals surface area contributed by atoms with E-state index in [1.165, 1.54) is 0 Å². The van der Waals surface area contributed by atoms with Crippen molar-refractivity contribution < 1.29 is 9.53 Å². The van der Waals surface area contributed by atoms with Gasteiger partial charge in [-0.25, -0.2) is 4.79 Å². The molecule has 1 amide bonds. The highest BCUT2D eigenvalue weighted by molar-refractivity contribution is 5.69. The summed E-state index contributed by atoms with van der Waals surface area (Å²) in [5.41, 5.74) is -0.687. The standard InChI is InChI=1S/C15H32N2O2/c1-12(2)11-16-9-10-17(14(3,4)5)13(18)19-15(6,7)8/h12,16H,9-11H2,1-8H3. The van der Waals surface area contributed by atoms with Crippen LogP contribution in [0.2, 0.25) is 0 Å². The second kappa shape index (κ2) is 7.13. The van der Waals surface area contributed by atoms with E-state index >= 15 is 0 Å². The predicted octanol–water partition coefficient (Wildman–Crippen LogP) is 3.27. The molecule has 19 heavy (non-hydrogen) atoms. The van der Waals surface area contributed by atoms with E-state index in [1.807, 2.05) is 41.5 Å². The van der Waals surface area contributed by atoms with E-state index in [1.54, 1.807) is 4.90 Å². The molecule has 0 heterocycles. The first kappa shape index (κ1) is 18.2. The monoisotopic (exact) mass is 272 g/mol. The molecule has 0 radical (unpaired) electrons. The zero-order valence-electron chi connectivity index (χ0n) is 14.0. The fourth-order valence-electron chi connectivity index (χ4n) is 1.60. The first-order valence-electron chi connectivity index (χ1n) is 7.15. The van der Waals surface area contributed by atoms with Gasteiger partial charge in [0.1, 0.15) is 5.60 Å². The Morgan fingerprint density at radius 3 is 2.05 bits per heavy atom. The highest BCUT2D eigenvalue weighted by atomic mass is 16.6. The van der Waals surface area contributed by atoms with E-state index in [-0.39, 0.29) is 11.6 Å². The Morgan fingerprint density at radius 2 is 1.68 bits per heavy atom. The maximum Gasteiger partial charge on any atom is 0.410 e. The molecule has 1 N–H and O–H groups in total. The first-order chi connectivity index (χ1) is 8.43. The molecule has 114 valence electrons. The summed E-state index contributed by atoms with van der Waals surface area (Å²) in [5.74, 6) is 0.615. The lowest BCUT2D eigenvalue weighted by Gasteiger charge is -2.37. The minimum atomic E-state index is -0.452. The van der Waals surface area contributed by atoms with Crippen LogP contribution in [-0.2, 0) is 4.74 Å². The summed E-state index contributed by atoms with van der Waals surface area (Å²) in [6.45, 7) is 18.5. The van der Waals surface area contributed by atoms with Crippen molar-refractivity contribution in [1.82, 2.24) is 10.2 Å². The topological polar surface area (TPSA) is 41.6 Å². The summed E-state index contributed by atoms with van der Waals surface area (Å²) < 4.78 is 5.46. The molecular formula is C15H32N2O2. The predicted molar refractivity (Wildman–Crippen MR) is 80.4 cm³/mol. The molecule has 4 nitrogen and oxygen atoms in total. The van der Waals surface area contributed by atoms with Crippen LogP contribution in [-0.4, -0.2) is 41.8 Å². The normalized spacial score (nSPS) is 12.7. The van der Waals surface area contributed by atoms with Crippen LogP contribution in [0.1, 0.15) is 55.4 Å². The van der Waals surface area contributed by atoms with Gasteiger partial charge in [-0.3, -0.25) is 0 Å². The molecule has 0 aliphatic carbocycles. The molecule has 0 aromatic rings. The van der Waals surface area contributed by atoms with E-state index in [0.717, 1.165) is 13.1 Å². The number of nitrogens with one attached hydrogen (secondary N) is 1. The molecule has 0 aromatic carbocycles. The van der Waals surface area contributed by atoms with Crippen molar-refractivity contribution in [3.05, 3.63) is 0 Å². The van der Waals surface area contributed by atoms with Crippen LogP contribution in [0.15, 0.2) is 0 Å². The Hall–Kier alpha value is -0.770. The number of rotatable bonds is 5. The largest absolute Gasteiger partial charge is 0.444 e. The van der Waals surface area contributed by atoms with E-state index in [2.05, 4.69) is 19.2 Å². The maximum atomic E-state index is 12.2. The van der Waals surface area contributed by atoms with Crippen molar-refractivity contribution in [2.24, 2.45) is 5.92 Å². The zero-order valence-corrected chi connectivity index (χ0v) is 14.0. The van der Waals surface area contributed by atoms with Gasteiger partial charge in [0.05, 0.1) is 0 Å². The third-order valence-electron chi connectivity index (χ3n) is 2.49. The second-order valence-electron chi connectivity index (χ2n) is 7.40. The van der Waals surface area contributed by atoms with Gasteiger partial charge in [0, 0.05) is 18.6 Å². The number of nitrogens with zero attached hydrogens (tertiary/aromatic N) is 1. The van der Waals surface area contributed by atoms with Gasteiger partial charge < -0.3 is 15.0 Å². The lowest BCUT2D eigenvalue weighted by Crippen LogP contribution is -2.50. The van der Waals surface area contributed by atoms with Gasteiger partial charge in [-0.05, 0) is 54.0 Å². The molecule has 0 atom stereocenters. The van der Waals surface area contributed by atoms with Gasteiger partial charge in [0.15, 0.2) is 0 Å². The molecule has 0 unspecified atom stereocenters. The lowest BCUT2D eigenvalue weighted by atomic mass is 10.1. The van der Waals surface area contributed by atoms with Gasteiger partial charge in [-0.15, -0.1) is 0 Å². The summed E-state index contributed by atoms with van der Waals surface area (Å²) >= 11 is 0. The van der Waals surface area contributed by atoms with Crippen molar-refractivity contribution in [3.8, 4) is 0 Å². The SMILES string of the molecule is CC(C)CNCCN(C(=O)OC(C)(C)C)C(C)(C)C. The van der Waals surface area contributed by atoms with Crippen LogP contribution in [0.25, 0.3) is 0 Å². The minimum absolute atomic E-state index is 0.234. The van der Waals surface area contributed by atoms with Crippen LogP contribution in [0.4, 0.5) is 4.79 Å². The fourth-order valence-corrected chi connectivity index (χ4v) is 1.60. The number of hydrogen-bond acceptors (Lipinski definition) is 3. The zero-order chi connectivity index (χ0) is 15.3. The molecule has 0 aromatic heterocycles. The fraction of sp³-hybridized carbons (Fsp3) is 0.933. The Kier molecular flexibility index (Phi) is 6.84. The maximum absolute atomic E-state index is 12.2. The summed E-state index contributed by atoms with van der Waals surface area (Å²) in [4.78, 5) is 14.0. The van der Waals surface area contributed by atoms with E-state index < -0.39 is 5.60 Å². The molecule has 0 spiro atoms. The van der Waals surface area contributed by atoms with E-state index in [9.17, 15) is 4.79 Å². The van der Waals surface area contributed by atoms with Crippen LogP contribution >= 0.6 is 0 Å². The van der Waals surface area contributed by atoms with Crippen LogP contribution in [0.3, 0.4) is 0 Å². The third-order valence-corrected chi connectivity index (χ3v) is 2.49. The Morgan fingerprint density at radius 1 is 1.16 bits per heavy atom. The van der Waals surface area contributed by atoms with Crippen molar-refractivity contribution in [2.75, 3.05) is 19.6 Å². The Balaban J connectivity index is 4.45. The van der Waals surface area contributed by atoms with Crippen LogP contribution < -0.4 is 5.32 Å². The van der Waals surface area contributed by atoms with Crippen molar-refractivity contribution in [2.45, 2.75) is 66.5 Å². The first-order valence-corrected chi connectivity index (χ1v) is 7.15. The average molecular weight is 272 g/mol. The van der Waals surface area contributed by atoms with Crippen LogP contribution in [0.5, 0.6) is 0 Å². The molecule has 0 saturated carbocycles.